The highest BCUT2D eigenvalue weighted by molar-refractivity contribution is 5.85. The van der Waals surface area contributed by atoms with E-state index in [4.69, 9.17) is 0 Å². The van der Waals surface area contributed by atoms with Crippen LogP contribution in [0.25, 0.3) is 0 Å². The lowest BCUT2D eigenvalue weighted by molar-refractivity contribution is -0.135. The molecule has 1 atom stereocenters. The number of hydrogen-bond acceptors (Lipinski definition) is 2. The lowest BCUT2D eigenvalue weighted by Crippen LogP contribution is -2.50. The molecule has 0 aromatic carbocycles. The van der Waals surface area contributed by atoms with Gasteiger partial charge in [-0.15, -0.1) is 12.4 Å². The average molecular weight is 261 g/mol. The molecule has 0 spiro atoms. The first-order chi connectivity index (χ1) is 7.79. The lowest BCUT2D eigenvalue weighted by atomic mass is 9.93. The molecule has 0 bridgehead atoms. The summed E-state index contributed by atoms with van der Waals surface area (Å²) in [5.74, 6) is 0.326. The van der Waals surface area contributed by atoms with Crippen molar-refractivity contribution in [1.29, 1.82) is 0 Å². The van der Waals surface area contributed by atoms with Crippen LogP contribution in [-0.2, 0) is 4.79 Å². The third kappa shape index (κ3) is 3.85. The van der Waals surface area contributed by atoms with Crippen LogP contribution in [0.15, 0.2) is 0 Å². The molecule has 2 aliphatic rings. The van der Waals surface area contributed by atoms with Crippen LogP contribution in [0.4, 0.5) is 0 Å². The fourth-order valence-electron chi connectivity index (χ4n) is 2.96. The van der Waals surface area contributed by atoms with Crippen molar-refractivity contribution in [3.63, 3.8) is 0 Å². The van der Waals surface area contributed by atoms with Gasteiger partial charge in [0.25, 0.3) is 0 Å². The van der Waals surface area contributed by atoms with Gasteiger partial charge in [0.1, 0.15) is 0 Å². The predicted octanol–water partition coefficient (Wildman–Crippen LogP) is 2.34. The summed E-state index contributed by atoms with van der Waals surface area (Å²) in [6, 6.07) is 0.602. The number of amides is 1. The second-order valence-corrected chi connectivity index (χ2v) is 5.24. The van der Waals surface area contributed by atoms with Gasteiger partial charge in [-0.3, -0.25) is 4.79 Å². The molecule has 4 heteroatoms. The third-order valence-electron chi connectivity index (χ3n) is 4.08. The minimum absolute atomic E-state index is 0. The minimum atomic E-state index is 0. The Morgan fingerprint density at radius 2 is 1.71 bits per heavy atom. The van der Waals surface area contributed by atoms with Gasteiger partial charge in [0, 0.05) is 13.1 Å². The van der Waals surface area contributed by atoms with Crippen LogP contribution in [0.2, 0.25) is 0 Å². The van der Waals surface area contributed by atoms with Crippen LogP contribution in [0.1, 0.15) is 51.4 Å². The van der Waals surface area contributed by atoms with E-state index < -0.39 is 0 Å². The van der Waals surface area contributed by atoms with Gasteiger partial charge in [0.15, 0.2) is 0 Å². The number of nitrogens with zero attached hydrogens (tertiary/aromatic N) is 1. The van der Waals surface area contributed by atoms with E-state index in [1.807, 2.05) is 11.9 Å². The van der Waals surface area contributed by atoms with Gasteiger partial charge in [-0.1, -0.05) is 25.7 Å². The summed E-state index contributed by atoms with van der Waals surface area (Å²) >= 11 is 0. The van der Waals surface area contributed by atoms with E-state index in [2.05, 4.69) is 5.32 Å². The van der Waals surface area contributed by atoms with E-state index in [1.165, 1.54) is 44.9 Å². The van der Waals surface area contributed by atoms with E-state index in [1.54, 1.807) is 0 Å². The zero-order valence-corrected chi connectivity index (χ0v) is 11.6. The largest absolute Gasteiger partial charge is 0.341 e. The average Bonchev–Trinajstić information content (AvgIpc) is 2.39. The summed E-state index contributed by atoms with van der Waals surface area (Å²) in [5, 5.41) is 3.35. The molecule has 0 radical (unpaired) electrons. The van der Waals surface area contributed by atoms with Gasteiger partial charge in [0.2, 0.25) is 5.91 Å². The Kier molecular flexibility index (Phi) is 6.28. The molecule has 1 amide bonds. The van der Waals surface area contributed by atoms with Crippen LogP contribution in [-0.4, -0.2) is 36.5 Å². The molecule has 3 nitrogen and oxygen atoms in total. The molecule has 1 saturated carbocycles. The highest BCUT2D eigenvalue weighted by Crippen LogP contribution is 2.22. The first kappa shape index (κ1) is 14.8. The van der Waals surface area contributed by atoms with Crippen molar-refractivity contribution in [3.05, 3.63) is 0 Å². The molecule has 1 N–H and O–H groups in total. The Morgan fingerprint density at radius 3 is 2.29 bits per heavy atom. The molecule has 1 aliphatic heterocycles. The molecular weight excluding hydrogens is 236 g/mol. The van der Waals surface area contributed by atoms with Crippen molar-refractivity contribution >= 4 is 18.3 Å². The number of likely N-dealkylation sites (N-methyl/N-ethyl adjacent to an activating group) is 1. The van der Waals surface area contributed by atoms with Gasteiger partial charge in [-0.2, -0.15) is 0 Å². The standard InChI is InChI=1S/C13H24N2O.ClH/c1-15(11-7-3-2-4-8-11)13(16)12-9-5-6-10-14-12;/h11-12,14H,2-10H2,1H3;1H/t12-;/m0./s1. The first-order valence-corrected chi connectivity index (χ1v) is 6.79. The molecule has 2 rings (SSSR count). The molecule has 100 valence electrons. The third-order valence-corrected chi connectivity index (χ3v) is 4.08. The zero-order valence-electron chi connectivity index (χ0n) is 10.8. The van der Waals surface area contributed by atoms with E-state index >= 15 is 0 Å². The maximum atomic E-state index is 12.3. The molecule has 0 aromatic heterocycles. The summed E-state index contributed by atoms with van der Waals surface area (Å²) in [5.41, 5.74) is 0. The van der Waals surface area contributed by atoms with Crippen molar-refractivity contribution in [3.8, 4) is 0 Å². The Hall–Kier alpha value is -0.280. The molecular formula is C13H25ClN2O. The Bertz CT molecular complexity index is 236. The summed E-state index contributed by atoms with van der Waals surface area (Å²) in [4.78, 5) is 14.3. The fraction of sp³-hybridized carbons (Fsp3) is 0.923. The second-order valence-electron chi connectivity index (χ2n) is 5.24. The number of carbonyl (C=O) groups excluding carboxylic acids is 1. The molecule has 2 fully saturated rings. The van der Waals surface area contributed by atoms with Gasteiger partial charge in [-0.05, 0) is 32.2 Å². The summed E-state index contributed by atoms with van der Waals surface area (Å²) in [7, 11) is 1.99. The summed E-state index contributed by atoms with van der Waals surface area (Å²) < 4.78 is 0. The zero-order chi connectivity index (χ0) is 11.4. The van der Waals surface area contributed by atoms with E-state index in [0.29, 0.717) is 11.9 Å². The number of rotatable bonds is 2. The quantitative estimate of drug-likeness (QED) is 0.827. The molecule has 17 heavy (non-hydrogen) atoms. The number of halogens is 1. The molecule has 1 heterocycles. The van der Waals surface area contributed by atoms with Crippen LogP contribution in [0, 0.1) is 0 Å². The van der Waals surface area contributed by atoms with Gasteiger partial charge in [0.05, 0.1) is 6.04 Å². The lowest BCUT2D eigenvalue weighted by Gasteiger charge is -2.35. The number of carbonyl (C=O) groups is 1. The highest BCUT2D eigenvalue weighted by Gasteiger charge is 2.28. The van der Waals surface area contributed by atoms with Gasteiger partial charge < -0.3 is 10.2 Å². The maximum absolute atomic E-state index is 12.3. The number of piperidine rings is 1. The molecule has 1 aliphatic carbocycles. The molecule has 1 saturated heterocycles. The van der Waals surface area contributed by atoms with Crippen molar-refractivity contribution in [2.24, 2.45) is 0 Å². The first-order valence-electron chi connectivity index (χ1n) is 6.79. The Balaban J connectivity index is 0.00000144. The van der Waals surface area contributed by atoms with Crippen molar-refractivity contribution in [2.75, 3.05) is 13.6 Å². The van der Waals surface area contributed by atoms with Crippen LogP contribution >= 0.6 is 12.4 Å². The monoisotopic (exact) mass is 260 g/mol. The van der Waals surface area contributed by atoms with Gasteiger partial charge in [-0.25, -0.2) is 0 Å². The highest BCUT2D eigenvalue weighted by atomic mass is 35.5. The van der Waals surface area contributed by atoms with Crippen LogP contribution < -0.4 is 5.32 Å². The SMILES string of the molecule is CN(C(=O)[C@@H]1CCCCN1)C1CCCCC1.Cl. The second kappa shape index (κ2) is 7.22. The van der Waals surface area contributed by atoms with Crippen molar-refractivity contribution in [1.82, 2.24) is 10.2 Å². The minimum Gasteiger partial charge on any atom is -0.341 e. The van der Waals surface area contributed by atoms with Crippen LogP contribution in [0.5, 0.6) is 0 Å². The smallest absolute Gasteiger partial charge is 0.239 e. The Morgan fingerprint density at radius 1 is 1.06 bits per heavy atom. The number of nitrogens with one attached hydrogen (secondary N) is 1. The Labute approximate surface area is 111 Å². The van der Waals surface area contributed by atoms with E-state index in [9.17, 15) is 4.79 Å². The fourth-order valence-corrected chi connectivity index (χ4v) is 2.96. The molecule has 0 aromatic rings. The topological polar surface area (TPSA) is 32.3 Å². The van der Waals surface area contributed by atoms with Crippen LogP contribution in [0.3, 0.4) is 0 Å². The molecule has 0 unspecified atom stereocenters. The summed E-state index contributed by atoms with van der Waals surface area (Å²) in [6.45, 7) is 1.01. The predicted molar refractivity (Wildman–Crippen MR) is 72.5 cm³/mol. The normalized spacial score (nSPS) is 26.1. The maximum Gasteiger partial charge on any atom is 0.239 e. The van der Waals surface area contributed by atoms with E-state index in [0.717, 1.165) is 13.0 Å². The van der Waals surface area contributed by atoms with E-state index in [-0.39, 0.29) is 18.4 Å². The van der Waals surface area contributed by atoms with Gasteiger partial charge >= 0.3 is 0 Å². The number of hydrogen-bond donors (Lipinski definition) is 1. The summed E-state index contributed by atoms with van der Waals surface area (Å²) in [6.07, 6.45) is 9.78. The van der Waals surface area contributed by atoms with Crippen molar-refractivity contribution < 1.29 is 4.79 Å². The van der Waals surface area contributed by atoms with Crippen molar-refractivity contribution in [2.45, 2.75) is 63.5 Å².